The van der Waals surface area contributed by atoms with Crippen LogP contribution in [0.1, 0.15) is 48.4 Å². The number of halogens is 2. The molecule has 0 fully saturated rings. The van der Waals surface area contributed by atoms with Gasteiger partial charge in [0, 0.05) is 28.3 Å². The SMILES string of the molecule is CCc1ccc(C2CC(=O)C3=C(C2)Nc2ccccc2NC3c2c(F)cccc2Cl)cc1. The number of fused-ring (bicyclic) bond motifs is 1. The molecule has 2 unspecified atom stereocenters. The molecule has 5 heteroatoms. The number of hydrogen-bond acceptors (Lipinski definition) is 3. The molecule has 32 heavy (non-hydrogen) atoms. The Bertz CT molecular complexity index is 1200. The Morgan fingerprint density at radius 1 is 0.969 bits per heavy atom. The highest BCUT2D eigenvalue weighted by molar-refractivity contribution is 6.31. The second kappa shape index (κ2) is 8.44. The smallest absolute Gasteiger partial charge is 0.163 e. The zero-order valence-electron chi connectivity index (χ0n) is 17.8. The van der Waals surface area contributed by atoms with Crippen LogP contribution in [0.5, 0.6) is 0 Å². The van der Waals surface area contributed by atoms with Crippen LogP contribution >= 0.6 is 11.6 Å². The largest absolute Gasteiger partial charge is 0.372 e. The lowest BCUT2D eigenvalue weighted by atomic mass is 9.78. The molecule has 2 atom stereocenters. The van der Waals surface area contributed by atoms with Crippen molar-refractivity contribution in [1.82, 2.24) is 0 Å². The number of ketones is 1. The maximum absolute atomic E-state index is 15.0. The number of Topliss-reactive ketones (excluding diaryl/α,β-unsaturated/α-hetero) is 1. The molecule has 2 aliphatic rings. The minimum absolute atomic E-state index is 0.00736. The number of carbonyl (C=O) groups is 1. The van der Waals surface area contributed by atoms with Crippen LogP contribution in [0.15, 0.2) is 78.0 Å². The Labute approximate surface area is 192 Å². The standard InChI is InChI=1S/C27H24ClFN2O/c1-2-16-10-12-17(13-11-16)18-14-23-26(24(32)15-18)27(25-19(28)6-5-7-20(25)29)31-22-9-4-3-8-21(22)30-23/h3-13,18,27,30-31H,2,14-15H2,1H3. The van der Waals surface area contributed by atoms with Crippen molar-refractivity contribution >= 4 is 28.8 Å². The zero-order valence-corrected chi connectivity index (χ0v) is 18.5. The van der Waals surface area contributed by atoms with E-state index in [4.69, 9.17) is 11.6 Å². The first-order chi connectivity index (χ1) is 15.5. The van der Waals surface area contributed by atoms with Crippen LogP contribution in [0.2, 0.25) is 5.02 Å². The third-order valence-electron chi connectivity index (χ3n) is 6.46. The van der Waals surface area contributed by atoms with Gasteiger partial charge in [-0.25, -0.2) is 4.39 Å². The maximum atomic E-state index is 15.0. The number of anilines is 2. The van der Waals surface area contributed by atoms with E-state index in [0.717, 1.165) is 29.1 Å². The predicted octanol–water partition coefficient (Wildman–Crippen LogP) is 7.02. The molecule has 2 N–H and O–H groups in total. The topological polar surface area (TPSA) is 41.1 Å². The Hall–Kier alpha value is -3.11. The van der Waals surface area contributed by atoms with Crippen LogP contribution in [0.4, 0.5) is 15.8 Å². The summed E-state index contributed by atoms with van der Waals surface area (Å²) < 4.78 is 15.0. The summed E-state index contributed by atoms with van der Waals surface area (Å²) in [6, 6.07) is 20.2. The maximum Gasteiger partial charge on any atom is 0.163 e. The highest BCUT2D eigenvalue weighted by Gasteiger charge is 2.37. The molecule has 5 rings (SSSR count). The van der Waals surface area contributed by atoms with Crippen LogP contribution in [0, 0.1) is 5.82 Å². The van der Waals surface area contributed by atoms with Gasteiger partial charge in [0.2, 0.25) is 0 Å². The van der Waals surface area contributed by atoms with Gasteiger partial charge in [0.15, 0.2) is 5.78 Å². The highest BCUT2D eigenvalue weighted by Crippen LogP contribution is 2.45. The molecule has 0 saturated carbocycles. The molecule has 3 nitrogen and oxygen atoms in total. The van der Waals surface area contributed by atoms with E-state index in [1.807, 2.05) is 24.3 Å². The van der Waals surface area contributed by atoms with Crippen molar-refractivity contribution in [3.63, 3.8) is 0 Å². The van der Waals surface area contributed by atoms with Gasteiger partial charge in [0.25, 0.3) is 0 Å². The minimum atomic E-state index is -0.661. The molecule has 0 spiro atoms. The Balaban J connectivity index is 1.62. The highest BCUT2D eigenvalue weighted by atomic mass is 35.5. The Morgan fingerprint density at radius 2 is 1.72 bits per heavy atom. The van der Waals surface area contributed by atoms with Gasteiger partial charge in [-0.15, -0.1) is 0 Å². The first-order valence-corrected chi connectivity index (χ1v) is 11.3. The van der Waals surface area contributed by atoms with Gasteiger partial charge in [-0.1, -0.05) is 61.0 Å². The van der Waals surface area contributed by atoms with E-state index < -0.39 is 11.9 Å². The van der Waals surface area contributed by atoms with Crippen LogP contribution < -0.4 is 10.6 Å². The van der Waals surface area contributed by atoms with Gasteiger partial charge in [0.05, 0.1) is 17.4 Å². The van der Waals surface area contributed by atoms with Crippen LogP contribution in [0.3, 0.4) is 0 Å². The fraction of sp³-hybridized carbons (Fsp3) is 0.222. The lowest BCUT2D eigenvalue weighted by Crippen LogP contribution is -2.27. The number of aryl methyl sites for hydroxylation is 1. The molecular formula is C27H24ClFN2O. The summed E-state index contributed by atoms with van der Waals surface area (Å²) in [4.78, 5) is 13.5. The van der Waals surface area contributed by atoms with E-state index >= 15 is 0 Å². The summed E-state index contributed by atoms with van der Waals surface area (Å²) in [7, 11) is 0. The van der Waals surface area contributed by atoms with Gasteiger partial charge in [0.1, 0.15) is 5.82 Å². The number of carbonyl (C=O) groups excluding carboxylic acids is 1. The minimum Gasteiger partial charge on any atom is -0.372 e. The monoisotopic (exact) mass is 446 g/mol. The summed E-state index contributed by atoms with van der Waals surface area (Å²) in [5.74, 6) is -0.346. The zero-order chi connectivity index (χ0) is 22.2. The number of nitrogens with one attached hydrogen (secondary N) is 2. The number of para-hydroxylation sites is 2. The van der Waals surface area contributed by atoms with Crippen molar-refractivity contribution in [2.75, 3.05) is 10.6 Å². The van der Waals surface area contributed by atoms with Crippen LogP contribution in [-0.2, 0) is 11.2 Å². The van der Waals surface area contributed by atoms with Gasteiger partial charge in [-0.05, 0) is 54.2 Å². The normalized spacial score (nSPS) is 20.0. The summed E-state index contributed by atoms with van der Waals surface area (Å²) >= 11 is 6.44. The molecule has 1 aliphatic heterocycles. The molecule has 0 saturated heterocycles. The average Bonchev–Trinajstić information content (AvgIpc) is 2.96. The fourth-order valence-electron chi connectivity index (χ4n) is 4.76. The molecule has 162 valence electrons. The fourth-order valence-corrected chi connectivity index (χ4v) is 5.03. The van der Waals surface area contributed by atoms with E-state index in [9.17, 15) is 9.18 Å². The van der Waals surface area contributed by atoms with Gasteiger partial charge in [-0.2, -0.15) is 0 Å². The molecular weight excluding hydrogens is 423 g/mol. The van der Waals surface area contributed by atoms with E-state index in [2.05, 4.69) is 41.8 Å². The second-order valence-electron chi connectivity index (χ2n) is 8.40. The van der Waals surface area contributed by atoms with Crippen LogP contribution in [0.25, 0.3) is 0 Å². The molecule has 1 aliphatic carbocycles. The first-order valence-electron chi connectivity index (χ1n) is 11.0. The summed E-state index contributed by atoms with van der Waals surface area (Å²) in [6.07, 6.45) is 2.03. The molecule has 1 heterocycles. The third-order valence-corrected chi connectivity index (χ3v) is 6.79. The van der Waals surface area contributed by atoms with E-state index in [1.165, 1.54) is 11.6 Å². The van der Waals surface area contributed by atoms with Gasteiger partial charge in [-0.3, -0.25) is 4.79 Å². The molecule has 0 radical (unpaired) electrons. The lowest BCUT2D eigenvalue weighted by molar-refractivity contribution is -0.116. The molecule has 0 bridgehead atoms. The van der Waals surface area contributed by atoms with Gasteiger partial charge >= 0.3 is 0 Å². The number of benzene rings is 3. The summed E-state index contributed by atoms with van der Waals surface area (Å²) in [5, 5.41) is 7.18. The average molecular weight is 447 g/mol. The van der Waals surface area contributed by atoms with Crippen molar-refractivity contribution in [3.05, 3.63) is 106 Å². The van der Waals surface area contributed by atoms with Crippen LogP contribution in [-0.4, -0.2) is 5.78 Å². The first kappa shape index (κ1) is 20.8. The molecule has 3 aromatic carbocycles. The van der Waals surface area contributed by atoms with Crippen molar-refractivity contribution in [1.29, 1.82) is 0 Å². The molecule has 3 aromatic rings. The second-order valence-corrected chi connectivity index (χ2v) is 8.81. The van der Waals surface area contributed by atoms with Crippen molar-refractivity contribution in [3.8, 4) is 0 Å². The van der Waals surface area contributed by atoms with Crippen molar-refractivity contribution in [2.45, 2.75) is 38.1 Å². The van der Waals surface area contributed by atoms with Crippen molar-refractivity contribution in [2.24, 2.45) is 0 Å². The number of allylic oxidation sites excluding steroid dienone is 1. The van der Waals surface area contributed by atoms with Gasteiger partial charge < -0.3 is 10.6 Å². The lowest BCUT2D eigenvalue weighted by Gasteiger charge is -2.30. The van der Waals surface area contributed by atoms with E-state index in [0.29, 0.717) is 29.0 Å². The Kier molecular flexibility index (Phi) is 5.48. The predicted molar refractivity (Wildman–Crippen MR) is 128 cm³/mol. The quantitative estimate of drug-likeness (QED) is 0.454. The number of hydrogen-bond donors (Lipinski definition) is 2. The third kappa shape index (κ3) is 3.69. The Morgan fingerprint density at radius 3 is 2.44 bits per heavy atom. The molecule has 0 aromatic heterocycles. The van der Waals surface area contributed by atoms with E-state index in [-0.39, 0.29) is 11.7 Å². The van der Waals surface area contributed by atoms with E-state index in [1.54, 1.807) is 12.1 Å². The summed E-state index contributed by atoms with van der Waals surface area (Å²) in [5.41, 5.74) is 5.79. The number of rotatable bonds is 3. The molecule has 0 amide bonds. The van der Waals surface area contributed by atoms with Crippen molar-refractivity contribution < 1.29 is 9.18 Å². The summed E-state index contributed by atoms with van der Waals surface area (Å²) in [6.45, 7) is 2.13.